The van der Waals surface area contributed by atoms with E-state index in [9.17, 15) is 9.59 Å². The van der Waals surface area contributed by atoms with Crippen molar-refractivity contribution in [3.8, 4) is 17.2 Å². The Bertz CT molecular complexity index is 807. The Morgan fingerprint density at radius 1 is 1.00 bits per heavy atom. The Morgan fingerprint density at radius 2 is 1.74 bits per heavy atom. The van der Waals surface area contributed by atoms with Gasteiger partial charge in [-0.25, -0.2) is 0 Å². The lowest BCUT2D eigenvalue weighted by atomic mass is 10.2. The molecule has 2 N–H and O–H groups in total. The Balaban J connectivity index is 1.97. The van der Waals surface area contributed by atoms with E-state index in [0.717, 1.165) is 5.56 Å². The SMILES string of the molecule is CCC(Oc1cccc(C)c1)C(=O)NNC(=O)c1ccc(OC)c(OC)c1. The summed E-state index contributed by atoms with van der Waals surface area (Å²) in [6.07, 6.45) is -0.274. The Labute approximate surface area is 158 Å². The van der Waals surface area contributed by atoms with Gasteiger partial charge in [0.2, 0.25) is 0 Å². The standard InChI is InChI=1S/C20H24N2O5/c1-5-16(27-15-8-6-7-13(2)11-15)20(24)22-21-19(23)14-9-10-17(25-3)18(12-14)26-4/h6-12,16H,5H2,1-4H3,(H,21,23)(H,22,24). The number of carbonyl (C=O) groups excluding carboxylic acids is 2. The van der Waals surface area contributed by atoms with Gasteiger partial charge in [0.25, 0.3) is 11.8 Å². The third-order valence-corrected chi connectivity index (χ3v) is 3.88. The van der Waals surface area contributed by atoms with E-state index in [-0.39, 0.29) is 0 Å². The molecule has 2 aromatic rings. The van der Waals surface area contributed by atoms with Crippen molar-refractivity contribution in [2.45, 2.75) is 26.4 Å². The monoisotopic (exact) mass is 372 g/mol. The van der Waals surface area contributed by atoms with Crippen molar-refractivity contribution in [1.82, 2.24) is 10.9 Å². The number of nitrogens with one attached hydrogen (secondary N) is 2. The van der Waals surface area contributed by atoms with Gasteiger partial charge in [-0.05, 0) is 49.2 Å². The second-order valence-electron chi connectivity index (χ2n) is 5.84. The van der Waals surface area contributed by atoms with Crippen molar-refractivity contribution in [3.05, 3.63) is 53.6 Å². The van der Waals surface area contributed by atoms with E-state index < -0.39 is 17.9 Å². The number of hydrogen-bond acceptors (Lipinski definition) is 5. The van der Waals surface area contributed by atoms with E-state index >= 15 is 0 Å². The number of hydrogen-bond donors (Lipinski definition) is 2. The quantitative estimate of drug-likeness (QED) is 0.730. The van der Waals surface area contributed by atoms with Gasteiger partial charge in [-0.15, -0.1) is 0 Å². The van der Waals surface area contributed by atoms with Gasteiger partial charge in [0.1, 0.15) is 5.75 Å². The molecule has 0 radical (unpaired) electrons. The van der Waals surface area contributed by atoms with Crippen LogP contribution >= 0.6 is 0 Å². The molecule has 0 spiro atoms. The molecule has 0 aliphatic carbocycles. The van der Waals surface area contributed by atoms with E-state index in [1.54, 1.807) is 18.2 Å². The lowest BCUT2D eigenvalue weighted by Gasteiger charge is -2.18. The first-order valence-corrected chi connectivity index (χ1v) is 8.54. The molecule has 0 saturated heterocycles. The zero-order chi connectivity index (χ0) is 19.8. The first-order valence-electron chi connectivity index (χ1n) is 8.54. The van der Waals surface area contributed by atoms with Crippen molar-refractivity contribution in [2.75, 3.05) is 14.2 Å². The Hall–Kier alpha value is -3.22. The first-order chi connectivity index (χ1) is 13.0. The van der Waals surface area contributed by atoms with Crippen LogP contribution in [0.15, 0.2) is 42.5 Å². The van der Waals surface area contributed by atoms with E-state index in [1.807, 2.05) is 32.0 Å². The van der Waals surface area contributed by atoms with Crippen LogP contribution in [0, 0.1) is 6.92 Å². The topological polar surface area (TPSA) is 85.9 Å². The molecule has 2 aromatic carbocycles. The predicted octanol–water partition coefficient (Wildman–Crippen LogP) is 2.63. The van der Waals surface area contributed by atoms with Gasteiger partial charge in [-0.3, -0.25) is 20.4 Å². The molecular weight excluding hydrogens is 348 g/mol. The number of carbonyl (C=O) groups is 2. The Kier molecular flexibility index (Phi) is 7.05. The van der Waals surface area contributed by atoms with Crippen LogP contribution in [0.3, 0.4) is 0 Å². The molecule has 0 aromatic heterocycles. The highest BCUT2D eigenvalue weighted by Crippen LogP contribution is 2.27. The number of methoxy groups -OCH3 is 2. The van der Waals surface area contributed by atoms with E-state index in [2.05, 4.69) is 10.9 Å². The molecule has 27 heavy (non-hydrogen) atoms. The smallest absolute Gasteiger partial charge is 0.279 e. The summed E-state index contributed by atoms with van der Waals surface area (Å²) >= 11 is 0. The number of ether oxygens (including phenoxy) is 3. The maximum Gasteiger partial charge on any atom is 0.279 e. The lowest BCUT2D eigenvalue weighted by Crippen LogP contribution is -2.47. The predicted molar refractivity (Wildman–Crippen MR) is 101 cm³/mol. The van der Waals surface area contributed by atoms with Crippen molar-refractivity contribution in [1.29, 1.82) is 0 Å². The Morgan fingerprint density at radius 3 is 2.37 bits per heavy atom. The molecule has 0 saturated carbocycles. The molecule has 0 heterocycles. The van der Waals surface area contributed by atoms with Crippen LogP contribution < -0.4 is 25.1 Å². The second kappa shape index (κ2) is 9.47. The molecule has 0 aliphatic rings. The average molecular weight is 372 g/mol. The largest absolute Gasteiger partial charge is 0.493 e. The van der Waals surface area contributed by atoms with Gasteiger partial charge < -0.3 is 14.2 Å². The summed E-state index contributed by atoms with van der Waals surface area (Å²) in [7, 11) is 2.99. The van der Waals surface area contributed by atoms with Crippen LogP contribution in [-0.4, -0.2) is 32.1 Å². The van der Waals surface area contributed by atoms with E-state index in [4.69, 9.17) is 14.2 Å². The first kappa shape index (κ1) is 20.1. The zero-order valence-electron chi connectivity index (χ0n) is 15.9. The summed E-state index contributed by atoms with van der Waals surface area (Å²) in [5.41, 5.74) is 6.13. The maximum absolute atomic E-state index is 12.3. The summed E-state index contributed by atoms with van der Waals surface area (Å²) in [5.74, 6) is 0.618. The highest BCUT2D eigenvalue weighted by molar-refractivity contribution is 5.96. The number of benzene rings is 2. The van der Waals surface area contributed by atoms with Crippen LogP contribution in [0.1, 0.15) is 29.3 Å². The molecule has 2 amide bonds. The molecule has 0 bridgehead atoms. The summed E-state index contributed by atoms with van der Waals surface area (Å²) in [6, 6.07) is 12.1. The van der Waals surface area contributed by atoms with Crippen LogP contribution in [0.2, 0.25) is 0 Å². The second-order valence-corrected chi connectivity index (χ2v) is 5.84. The lowest BCUT2D eigenvalue weighted by molar-refractivity contribution is -0.128. The molecule has 0 fully saturated rings. The number of hydrazine groups is 1. The molecule has 7 nitrogen and oxygen atoms in total. The molecule has 1 atom stereocenters. The average Bonchev–Trinajstić information content (AvgIpc) is 2.69. The summed E-state index contributed by atoms with van der Waals surface area (Å²) < 4.78 is 16.0. The normalized spacial score (nSPS) is 11.3. The fraction of sp³-hybridized carbons (Fsp3) is 0.300. The van der Waals surface area contributed by atoms with Crippen LogP contribution in [0.25, 0.3) is 0 Å². The molecule has 2 rings (SSSR count). The van der Waals surface area contributed by atoms with Gasteiger partial charge in [0.15, 0.2) is 17.6 Å². The van der Waals surface area contributed by atoms with Crippen LogP contribution in [0.4, 0.5) is 0 Å². The minimum Gasteiger partial charge on any atom is -0.493 e. The minimum absolute atomic E-state index is 0.320. The van der Waals surface area contributed by atoms with Gasteiger partial charge in [-0.2, -0.15) is 0 Å². The van der Waals surface area contributed by atoms with Gasteiger partial charge >= 0.3 is 0 Å². The molecule has 0 aliphatic heterocycles. The fourth-order valence-corrected chi connectivity index (χ4v) is 2.42. The highest BCUT2D eigenvalue weighted by Gasteiger charge is 2.19. The van der Waals surface area contributed by atoms with Crippen molar-refractivity contribution in [3.63, 3.8) is 0 Å². The van der Waals surface area contributed by atoms with Crippen molar-refractivity contribution in [2.24, 2.45) is 0 Å². The van der Waals surface area contributed by atoms with Gasteiger partial charge in [-0.1, -0.05) is 19.1 Å². The molecule has 1 unspecified atom stereocenters. The summed E-state index contributed by atoms with van der Waals surface area (Å²) in [4.78, 5) is 24.6. The van der Waals surface area contributed by atoms with Gasteiger partial charge in [0.05, 0.1) is 14.2 Å². The fourth-order valence-electron chi connectivity index (χ4n) is 2.42. The van der Waals surface area contributed by atoms with Crippen LogP contribution in [0.5, 0.6) is 17.2 Å². The highest BCUT2D eigenvalue weighted by atomic mass is 16.5. The summed E-state index contributed by atoms with van der Waals surface area (Å²) in [6.45, 7) is 3.77. The van der Waals surface area contributed by atoms with E-state index in [1.165, 1.54) is 20.3 Å². The van der Waals surface area contributed by atoms with E-state index in [0.29, 0.717) is 29.2 Å². The maximum atomic E-state index is 12.3. The van der Waals surface area contributed by atoms with Gasteiger partial charge in [0, 0.05) is 5.56 Å². The zero-order valence-corrected chi connectivity index (χ0v) is 15.9. The minimum atomic E-state index is -0.725. The number of aryl methyl sites for hydroxylation is 1. The van der Waals surface area contributed by atoms with Crippen molar-refractivity contribution < 1.29 is 23.8 Å². The molecular formula is C20H24N2O5. The number of rotatable bonds is 7. The van der Waals surface area contributed by atoms with Crippen molar-refractivity contribution >= 4 is 11.8 Å². The van der Waals surface area contributed by atoms with Crippen LogP contribution in [-0.2, 0) is 4.79 Å². The third-order valence-electron chi connectivity index (χ3n) is 3.88. The molecule has 7 heteroatoms. The summed E-state index contributed by atoms with van der Waals surface area (Å²) in [5, 5.41) is 0. The third kappa shape index (κ3) is 5.37. The number of amides is 2. The molecule has 144 valence electrons.